The van der Waals surface area contributed by atoms with Crippen LogP contribution in [0.3, 0.4) is 0 Å². The Labute approximate surface area is 106 Å². The van der Waals surface area contributed by atoms with Gasteiger partial charge in [0.1, 0.15) is 5.01 Å². The molecule has 0 radical (unpaired) electrons. The van der Waals surface area contributed by atoms with Crippen molar-refractivity contribution in [3.8, 4) is 16.6 Å². The largest absolute Gasteiger partial charge is 0.244 e. The summed E-state index contributed by atoms with van der Waals surface area (Å²) in [5.74, 6) is 0. The molecule has 0 saturated carbocycles. The number of thiazole rings is 1. The van der Waals surface area contributed by atoms with Crippen LogP contribution in [0.15, 0.2) is 18.3 Å². The molecule has 0 bridgehead atoms. The van der Waals surface area contributed by atoms with E-state index in [-0.39, 0.29) is 0 Å². The molecule has 0 N–H and O–H groups in total. The van der Waals surface area contributed by atoms with Crippen molar-refractivity contribution in [2.24, 2.45) is 0 Å². The lowest BCUT2D eigenvalue weighted by Gasteiger charge is -2.08. The summed E-state index contributed by atoms with van der Waals surface area (Å²) >= 11 is 1.61. The first-order valence-electron chi connectivity index (χ1n) is 5.51. The minimum Gasteiger partial charge on any atom is -0.244 e. The van der Waals surface area contributed by atoms with Crippen molar-refractivity contribution in [3.63, 3.8) is 0 Å². The topological polar surface area (TPSA) is 36.7 Å². The van der Waals surface area contributed by atoms with Crippen LogP contribution >= 0.6 is 11.3 Å². The van der Waals surface area contributed by atoms with E-state index in [1.165, 1.54) is 22.3 Å². The van der Waals surface area contributed by atoms with E-state index in [1.807, 2.05) is 6.20 Å². The van der Waals surface area contributed by atoms with Gasteiger partial charge in [-0.25, -0.2) is 4.98 Å². The van der Waals surface area contributed by atoms with Crippen molar-refractivity contribution in [1.82, 2.24) is 4.98 Å². The van der Waals surface area contributed by atoms with Crippen LogP contribution in [0.25, 0.3) is 10.6 Å². The molecule has 2 aromatic rings. The Kier molecular flexibility index (Phi) is 3.26. The molecule has 2 rings (SSSR count). The number of aryl methyl sites for hydroxylation is 3. The van der Waals surface area contributed by atoms with Crippen molar-refractivity contribution in [1.29, 1.82) is 5.26 Å². The Hall–Kier alpha value is -1.66. The van der Waals surface area contributed by atoms with Crippen LogP contribution in [-0.2, 0) is 6.42 Å². The summed E-state index contributed by atoms with van der Waals surface area (Å²) in [6, 6.07) is 6.51. The standard InChI is InChI=1S/C14H14N2S/c1-9-6-10(2)13(11(3)7-9)14-16-8-12(17-14)4-5-15/h6-8H,4H2,1-3H3. The highest BCUT2D eigenvalue weighted by molar-refractivity contribution is 7.15. The molecular weight excluding hydrogens is 228 g/mol. The van der Waals surface area contributed by atoms with E-state index in [0.29, 0.717) is 6.42 Å². The fourth-order valence-electron chi connectivity index (χ4n) is 2.10. The van der Waals surface area contributed by atoms with Gasteiger partial charge >= 0.3 is 0 Å². The number of hydrogen-bond acceptors (Lipinski definition) is 3. The second-order valence-electron chi connectivity index (χ2n) is 4.24. The van der Waals surface area contributed by atoms with Gasteiger partial charge in [0.05, 0.1) is 12.5 Å². The van der Waals surface area contributed by atoms with Crippen LogP contribution in [0.2, 0.25) is 0 Å². The fraction of sp³-hybridized carbons (Fsp3) is 0.286. The molecule has 0 aliphatic rings. The Morgan fingerprint density at radius 2 is 1.88 bits per heavy atom. The molecule has 0 saturated heterocycles. The molecule has 0 aliphatic heterocycles. The number of benzene rings is 1. The van der Waals surface area contributed by atoms with Crippen LogP contribution in [0.4, 0.5) is 0 Å². The first kappa shape index (κ1) is 11.8. The van der Waals surface area contributed by atoms with Gasteiger partial charge in [-0.3, -0.25) is 0 Å². The Balaban J connectivity index is 2.49. The van der Waals surface area contributed by atoms with Crippen LogP contribution < -0.4 is 0 Å². The minimum absolute atomic E-state index is 0.446. The van der Waals surface area contributed by atoms with E-state index < -0.39 is 0 Å². The predicted molar refractivity (Wildman–Crippen MR) is 71.1 cm³/mol. The first-order chi connectivity index (χ1) is 8.11. The van der Waals surface area contributed by atoms with Gasteiger partial charge in [-0.1, -0.05) is 17.7 Å². The number of nitriles is 1. The molecule has 0 amide bonds. The van der Waals surface area contributed by atoms with Gasteiger partial charge in [0.2, 0.25) is 0 Å². The monoisotopic (exact) mass is 242 g/mol. The number of nitrogens with zero attached hydrogens (tertiary/aromatic N) is 2. The molecule has 1 aromatic heterocycles. The second-order valence-corrected chi connectivity index (χ2v) is 5.36. The maximum atomic E-state index is 8.67. The summed E-state index contributed by atoms with van der Waals surface area (Å²) in [5, 5.41) is 9.69. The number of rotatable bonds is 2. The highest BCUT2D eigenvalue weighted by atomic mass is 32.1. The van der Waals surface area contributed by atoms with E-state index in [2.05, 4.69) is 44.0 Å². The fourth-order valence-corrected chi connectivity index (χ4v) is 3.12. The van der Waals surface area contributed by atoms with Crippen molar-refractivity contribution >= 4 is 11.3 Å². The van der Waals surface area contributed by atoms with Gasteiger partial charge in [-0.2, -0.15) is 5.26 Å². The maximum Gasteiger partial charge on any atom is 0.124 e. The molecule has 2 nitrogen and oxygen atoms in total. The average Bonchev–Trinajstić information content (AvgIpc) is 2.65. The third-order valence-corrected chi connectivity index (χ3v) is 3.71. The lowest BCUT2D eigenvalue weighted by atomic mass is 10.0. The molecule has 0 unspecified atom stereocenters. The maximum absolute atomic E-state index is 8.67. The Morgan fingerprint density at radius 3 is 2.47 bits per heavy atom. The van der Waals surface area contributed by atoms with Gasteiger partial charge in [-0.15, -0.1) is 11.3 Å². The highest BCUT2D eigenvalue weighted by Crippen LogP contribution is 2.31. The summed E-state index contributed by atoms with van der Waals surface area (Å²) in [5.41, 5.74) is 4.99. The lowest BCUT2D eigenvalue weighted by molar-refractivity contribution is 1.27. The van der Waals surface area contributed by atoms with Crippen LogP contribution in [0.1, 0.15) is 21.6 Å². The van der Waals surface area contributed by atoms with E-state index in [9.17, 15) is 0 Å². The van der Waals surface area contributed by atoms with E-state index in [1.54, 1.807) is 11.3 Å². The molecule has 0 fully saturated rings. The number of hydrogen-bond donors (Lipinski definition) is 0. The molecule has 17 heavy (non-hydrogen) atoms. The molecule has 0 atom stereocenters. The van der Waals surface area contributed by atoms with Gasteiger partial charge in [0.25, 0.3) is 0 Å². The van der Waals surface area contributed by atoms with Gasteiger partial charge in [-0.05, 0) is 31.9 Å². The van der Waals surface area contributed by atoms with E-state index in [0.717, 1.165) is 9.88 Å². The van der Waals surface area contributed by atoms with E-state index >= 15 is 0 Å². The van der Waals surface area contributed by atoms with Crippen molar-refractivity contribution in [2.75, 3.05) is 0 Å². The van der Waals surface area contributed by atoms with Crippen molar-refractivity contribution in [3.05, 3.63) is 39.9 Å². The summed E-state index contributed by atoms with van der Waals surface area (Å²) in [6.07, 6.45) is 2.25. The zero-order chi connectivity index (χ0) is 12.4. The molecule has 0 aliphatic carbocycles. The Bertz CT molecular complexity index is 568. The normalized spacial score (nSPS) is 10.2. The van der Waals surface area contributed by atoms with Crippen LogP contribution in [-0.4, -0.2) is 4.98 Å². The third kappa shape index (κ3) is 2.37. The molecule has 1 aromatic carbocycles. The third-order valence-electron chi connectivity index (χ3n) is 2.70. The molecular formula is C14H14N2S. The predicted octanol–water partition coefficient (Wildman–Crippen LogP) is 3.80. The SMILES string of the molecule is Cc1cc(C)c(-c2ncc(CC#N)s2)c(C)c1. The second kappa shape index (κ2) is 4.68. The molecule has 3 heteroatoms. The molecule has 0 spiro atoms. The summed E-state index contributed by atoms with van der Waals surface area (Å²) in [6.45, 7) is 6.33. The molecule has 86 valence electrons. The average molecular weight is 242 g/mol. The Morgan fingerprint density at radius 1 is 1.24 bits per heavy atom. The van der Waals surface area contributed by atoms with Gasteiger partial charge in [0, 0.05) is 16.6 Å². The minimum atomic E-state index is 0.446. The quantitative estimate of drug-likeness (QED) is 0.803. The summed E-state index contributed by atoms with van der Waals surface area (Å²) < 4.78 is 0. The van der Waals surface area contributed by atoms with Crippen LogP contribution in [0, 0.1) is 32.1 Å². The smallest absolute Gasteiger partial charge is 0.124 e. The molecule has 1 heterocycles. The van der Waals surface area contributed by atoms with Gasteiger partial charge < -0.3 is 0 Å². The van der Waals surface area contributed by atoms with E-state index in [4.69, 9.17) is 5.26 Å². The summed E-state index contributed by atoms with van der Waals surface area (Å²) in [7, 11) is 0. The first-order valence-corrected chi connectivity index (χ1v) is 6.33. The zero-order valence-corrected chi connectivity index (χ0v) is 11.1. The number of aromatic nitrogens is 1. The van der Waals surface area contributed by atoms with Crippen LogP contribution in [0.5, 0.6) is 0 Å². The van der Waals surface area contributed by atoms with Gasteiger partial charge in [0.15, 0.2) is 0 Å². The van der Waals surface area contributed by atoms with Crippen molar-refractivity contribution in [2.45, 2.75) is 27.2 Å². The lowest BCUT2D eigenvalue weighted by Crippen LogP contribution is -1.88. The van der Waals surface area contributed by atoms with Crippen molar-refractivity contribution < 1.29 is 0 Å². The zero-order valence-electron chi connectivity index (χ0n) is 10.2. The summed E-state index contributed by atoms with van der Waals surface area (Å²) in [4.78, 5) is 5.45. The highest BCUT2D eigenvalue weighted by Gasteiger charge is 2.10.